The third kappa shape index (κ3) is 3.56. The molecule has 0 spiro atoms. The first-order valence-electron chi connectivity index (χ1n) is 8.77. The second kappa shape index (κ2) is 8.03. The van der Waals surface area contributed by atoms with Crippen LogP contribution in [0, 0.1) is 0 Å². The van der Waals surface area contributed by atoms with E-state index in [1.54, 1.807) is 27.4 Å². The molecule has 0 bridgehead atoms. The van der Waals surface area contributed by atoms with Crippen molar-refractivity contribution >= 4 is 16.8 Å². The summed E-state index contributed by atoms with van der Waals surface area (Å²) >= 11 is 0. The van der Waals surface area contributed by atoms with Gasteiger partial charge < -0.3 is 24.1 Å². The molecule has 0 atom stereocenters. The van der Waals surface area contributed by atoms with Gasteiger partial charge in [0.25, 0.3) is 5.91 Å². The summed E-state index contributed by atoms with van der Waals surface area (Å²) in [6.07, 6.45) is 1.89. The summed E-state index contributed by atoms with van der Waals surface area (Å²) in [7, 11) is 4.73. The van der Waals surface area contributed by atoms with Crippen molar-refractivity contribution in [3.63, 3.8) is 0 Å². The van der Waals surface area contributed by atoms with Crippen LogP contribution in [-0.4, -0.2) is 31.8 Å². The lowest BCUT2D eigenvalue weighted by Gasteiger charge is -2.14. The zero-order valence-corrected chi connectivity index (χ0v) is 16.0. The Morgan fingerprint density at radius 3 is 2.33 bits per heavy atom. The minimum Gasteiger partial charge on any atom is -0.496 e. The normalized spacial score (nSPS) is 10.7. The Morgan fingerprint density at radius 2 is 1.67 bits per heavy atom. The van der Waals surface area contributed by atoms with Crippen molar-refractivity contribution in [1.29, 1.82) is 0 Å². The Morgan fingerprint density at radius 1 is 1.00 bits per heavy atom. The number of aromatic nitrogens is 1. The fraction of sp³-hybridized carbons (Fsp3) is 0.286. The molecule has 0 aliphatic rings. The van der Waals surface area contributed by atoms with Crippen molar-refractivity contribution < 1.29 is 19.0 Å². The molecular weight excluding hydrogens is 344 g/mol. The molecule has 6 heteroatoms. The zero-order valence-electron chi connectivity index (χ0n) is 16.0. The van der Waals surface area contributed by atoms with Gasteiger partial charge in [-0.3, -0.25) is 4.79 Å². The van der Waals surface area contributed by atoms with Gasteiger partial charge in [0.15, 0.2) is 11.5 Å². The van der Waals surface area contributed by atoms with Crippen molar-refractivity contribution in [2.24, 2.45) is 0 Å². The maximum absolute atomic E-state index is 12.8. The SMILES string of the molecule is CCn1cc(C(=O)NCc2cc(OC)c(OC)cc2OC)c2ccccc21. The molecule has 0 aliphatic carbocycles. The first-order valence-corrected chi connectivity index (χ1v) is 8.77. The Labute approximate surface area is 158 Å². The lowest BCUT2D eigenvalue weighted by atomic mass is 10.1. The Bertz CT molecular complexity index is 962. The van der Waals surface area contributed by atoms with E-state index in [9.17, 15) is 4.79 Å². The molecule has 6 nitrogen and oxygen atoms in total. The quantitative estimate of drug-likeness (QED) is 0.692. The minimum atomic E-state index is -0.129. The smallest absolute Gasteiger partial charge is 0.253 e. The molecule has 0 radical (unpaired) electrons. The summed E-state index contributed by atoms with van der Waals surface area (Å²) in [5.74, 6) is 1.67. The van der Waals surface area contributed by atoms with Gasteiger partial charge >= 0.3 is 0 Å². The molecule has 0 unspecified atom stereocenters. The molecule has 0 fully saturated rings. The number of nitrogens with one attached hydrogen (secondary N) is 1. The van der Waals surface area contributed by atoms with E-state index in [-0.39, 0.29) is 5.91 Å². The van der Waals surface area contributed by atoms with Crippen molar-refractivity contribution in [3.05, 3.63) is 53.7 Å². The molecule has 27 heavy (non-hydrogen) atoms. The Kier molecular flexibility index (Phi) is 5.54. The molecule has 3 rings (SSSR count). The highest BCUT2D eigenvalue weighted by Gasteiger charge is 2.16. The van der Waals surface area contributed by atoms with E-state index < -0.39 is 0 Å². The van der Waals surface area contributed by atoms with Gasteiger partial charge in [0.1, 0.15) is 5.75 Å². The number of para-hydroxylation sites is 1. The molecule has 142 valence electrons. The van der Waals surface area contributed by atoms with Crippen LogP contribution >= 0.6 is 0 Å². The van der Waals surface area contributed by atoms with E-state index in [0.717, 1.165) is 23.0 Å². The van der Waals surface area contributed by atoms with Crippen molar-refractivity contribution in [3.8, 4) is 17.2 Å². The van der Waals surface area contributed by atoms with Crippen LogP contribution in [0.4, 0.5) is 0 Å². The number of hydrogen-bond acceptors (Lipinski definition) is 4. The number of aryl methyl sites for hydroxylation is 1. The van der Waals surface area contributed by atoms with Crippen LogP contribution in [0.25, 0.3) is 10.9 Å². The van der Waals surface area contributed by atoms with E-state index in [2.05, 4.69) is 16.8 Å². The van der Waals surface area contributed by atoms with Crippen LogP contribution in [0.5, 0.6) is 17.2 Å². The van der Waals surface area contributed by atoms with Gasteiger partial charge in [-0.15, -0.1) is 0 Å². The molecule has 1 aromatic heterocycles. The molecule has 0 aliphatic heterocycles. The summed E-state index contributed by atoms with van der Waals surface area (Å²) in [5, 5.41) is 3.92. The lowest BCUT2D eigenvalue weighted by molar-refractivity contribution is 0.0952. The second-order valence-corrected chi connectivity index (χ2v) is 6.05. The van der Waals surface area contributed by atoms with Crippen molar-refractivity contribution in [1.82, 2.24) is 9.88 Å². The number of carbonyl (C=O) groups excluding carboxylic acids is 1. The number of hydrogen-bond donors (Lipinski definition) is 1. The number of carbonyl (C=O) groups is 1. The Hall–Kier alpha value is -3.15. The van der Waals surface area contributed by atoms with E-state index in [1.165, 1.54) is 0 Å². The van der Waals surface area contributed by atoms with Gasteiger partial charge in [0.2, 0.25) is 0 Å². The number of ether oxygens (including phenoxy) is 3. The predicted octanol–water partition coefficient (Wildman–Crippen LogP) is 3.62. The standard InChI is InChI=1S/C21H24N2O4/c1-5-23-13-16(15-8-6-7-9-17(15)23)21(24)22-12-14-10-19(26-3)20(27-4)11-18(14)25-2/h6-11,13H,5,12H2,1-4H3,(H,22,24). The van der Waals surface area contributed by atoms with Gasteiger partial charge in [-0.2, -0.15) is 0 Å². The molecule has 1 heterocycles. The van der Waals surface area contributed by atoms with Crippen LogP contribution in [-0.2, 0) is 13.1 Å². The molecule has 0 saturated heterocycles. The summed E-state index contributed by atoms with van der Waals surface area (Å²) in [4.78, 5) is 12.8. The highest BCUT2D eigenvalue weighted by atomic mass is 16.5. The molecule has 1 amide bonds. The average Bonchev–Trinajstić information content (AvgIpc) is 3.10. The van der Waals surface area contributed by atoms with E-state index >= 15 is 0 Å². The molecule has 2 aromatic carbocycles. The van der Waals surface area contributed by atoms with Crippen LogP contribution in [0.2, 0.25) is 0 Å². The molecule has 0 saturated carbocycles. The number of fused-ring (bicyclic) bond motifs is 1. The van der Waals surface area contributed by atoms with Crippen molar-refractivity contribution in [2.45, 2.75) is 20.0 Å². The third-order valence-corrected chi connectivity index (χ3v) is 4.60. The van der Waals surface area contributed by atoms with Gasteiger partial charge in [-0.05, 0) is 19.1 Å². The second-order valence-electron chi connectivity index (χ2n) is 6.05. The first kappa shape index (κ1) is 18.6. The van der Waals surface area contributed by atoms with Gasteiger partial charge in [0.05, 0.1) is 26.9 Å². The van der Waals surface area contributed by atoms with Gasteiger partial charge in [-0.25, -0.2) is 0 Å². The van der Waals surface area contributed by atoms with Gasteiger partial charge in [-0.1, -0.05) is 18.2 Å². The number of benzene rings is 2. The van der Waals surface area contributed by atoms with Gasteiger partial charge in [0, 0.05) is 41.8 Å². The maximum Gasteiger partial charge on any atom is 0.253 e. The summed E-state index contributed by atoms with van der Waals surface area (Å²) < 4.78 is 18.1. The highest BCUT2D eigenvalue weighted by Crippen LogP contribution is 2.34. The first-order chi connectivity index (χ1) is 13.1. The van der Waals surface area contributed by atoms with Crippen LogP contribution in [0.15, 0.2) is 42.6 Å². The molecular formula is C21H24N2O4. The topological polar surface area (TPSA) is 61.7 Å². The van der Waals surface area contributed by atoms with Crippen LogP contribution < -0.4 is 19.5 Å². The van der Waals surface area contributed by atoms with Crippen molar-refractivity contribution in [2.75, 3.05) is 21.3 Å². The van der Waals surface area contributed by atoms with E-state index in [1.807, 2.05) is 36.5 Å². The summed E-state index contributed by atoms with van der Waals surface area (Å²) in [6, 6.07) is 11.5. The van der Waals surface area contributed by atoms with E-state index in [0.29, 0.717) is 29.4 Å². The lowest BCUT2D eigenvalue weighted by Crippen LogP contribution is -2.23. The number of rotatable bonds is 7. The zero-order chi connectivity index (χ0) is 19.4. The molecule has 3 aromatic rings. The number of amides is 1. The Balaban J connectivity index is 1.86. The summed E-state index contributed by atoms with van der Waals surface area (Å²) in [6.45, 7) is 3.17. The average molecular weight is 368 g/mol. The van der Waals surface area contributed by atoms with Crippen LogP contribution in [0.1, 0.15) is 22.8 Å². The highest BCUT2D eigenvalue weighted by molar-refractivity contribution is 6.07. The number of nitrogens with zero attached hydrogens (tertiary/aromatic N) is 1. The molecule has 1 N–H and O–H groups in total. The van der Waals surface area contributed by atoms with Crippen LogP contribution in [0.3, 0.4) is 0 Å². The number of methoxy groups -OCH3 is 3. The van der Waals surface area contributed by atoms with E-state index in [4.69, 9.17) is 14.2 Å². The fourth-order valence-electron chi connectivity index (χ4n) is 3.19. The fourth-order valence-corrected chi connectivity index (χ4v) is 3.19. The largest absolute Gasteiger partial charge is 0.496 e. The maximum atomic E-state index is 12.8. The predicted molar refractivity (Wildman–Crippen MR) is 105 cm³/mol. The third-order valence-electron chi connectivity index (χ3n) is 4.60. The monoisotopic (exact) mass is 368 g/mol. The summed E-state index contributed by atoms with van der Waals surface area (Å²) in [5.41, 5.74) is 2.52. The minimum absolute atomic E-state index is 0.129.